The minimum absolute atomic E-state index is 0.0180. The lowest BCUT2D eigenvalue weighted by molar-refractivity contribution is -0.161. The third-order valence-electron chi connectivity index (χ3n) is 8.94. The molecule has 3 unspecified atom stereocenters. The van der Waals surface area contributed by atoms with Crippen LogP contribution in [-0.2, 0) is 32.7 Å². The number of phosphoric acid groups is 1. The van der Waals surface area contributed by atoms with E-state index in [1.807, 2.05) is 12.2 Å². The Bertz CT molecular complexity index is 1020. The van der Waals surface area contributed by atoms with E-state index in [-0.39, 0.29) is 12.8 Å². The van der Waals surface area contributed by atoms with Crippen LogP contribution in [0.2, 0.25) is 0 Å². The predicted molar refractivity (Wildman–Crippen MR) is 211 cm³/mol. The molecule has 0 aliphatic carbocycles. The first-order valence-electron chi connectivity index (χ1n) is 20.4. The SMILES string of the molecule is CCCCCCCC/C=C/C/C=C/C=C/C(O)CCCC(=O)OC[C@H](COP(=O)(O)OC[C@@H](O)CO)OC(=O)CCCCCCCCCCC(C)CC. The number of carbonyl (C=O) groups is 2. The number of aliphatic hydroxyl groups excluding tert-OH is 3. The van der Waals surface area contributed by atoms with E-state index in [2.05, 4.69) is 37.4 Å². The van der Waals surface area contributed by atoms with Gasteiger partial charge in [0, 0.05) is 12.8 Å². The number of aliphatic hydroxyl groups is 3. The largest absolute Gasteiger partial charge is 0.472 e. The van der Waals surface area contributed by atoms with Gasteiger partial charge >= 0.3 is 19.8 Å². The summed E-state index contributed by atoms with van der Waals surface area (Å²) >= 11 is 0. The van der Waals surface area contributed by atoms with Gasteiger partial charge in [0.2, 0.25) is 0 Å². The third-order valence-corrected chi connectivity index (χ3v) is 9.89. The van der Waals surface area contributed by atoms with E-state index in [0.717, 1.165) is 38.0 Å². The Balaban J connectivity index is 4.53. The zero-order valence-corrected chi connectivity index (χ0v) is 34.1. The first-order valence-corrected chi connectivity index (χ1v) is 21.9. The van der Waals surface area contributed by atoms with Crippen molar-refractivity contribution in [3.05, 3.63) is 36.5 Å². The van der Waals surface area contributed by atoms with E-state index >= 15 is 0 Å². The molecule has 4 N–H and O–H groups in total. The van der Waals surface area contributed by atoms with Crippen molar-refractivity contribution >= 4 is 19.8 Å². The van der Waals surface area contributed by atoms with Gasteiger partial charge in [-0.05, 0) is 44.4 Å². The maximum absolute atomic E-state index is 12.6. The number of unbranched alkanes of at least 4 members (excludes halogenated alkanes) is 13. The van der Waals surface area contributed by atoms with Gasteiger partial charge in [0.1, 0.15) is 12.7 Å². The smallest absolute Gasteiger partial charge is 0.462 e. The molecule has 0 bridgehead atoms. The number of phosphoric ester groups is 1. The highest BCUT2D eigenvalue weighted by Gasteiger charge is 2.27. The fourth-order valence-corrected chi connectivity index (χ4v) is 6.12. The van der Waals surface area contributed by atoms with E-state index in [0.29, 0.717) is 19.3 Å². The van der Waals surface area contributed by atoms with E-state index in [1.54, 1.807) is 12.2 Å². The number of esters is 2. The zero-order chi connectivity index (χ0) is 39.4. The average Bonchev–Trinajstić information content (AvgIpc) is 3.14. The van der Waals surface area contributed by atoms with Crippen molar-refractivity contribution in [3.8, 4) is 0 Å². The van der Waals surface area contributed by atoms with Crippen molar-refractivity contribution in [1.82, 2.24) is 0 Å². The molecular weight excluding hydrogens is 699 g/mol. The zero-order valence-electron chi connectivity index (χ0n) is 33.3. The monoisotopic (exact) mass is 775 g/mol. The first kappa shape index (κ1) is 51.1. The van der Waals surface area contributed by atoms with Crippen molar-refractivity contribution in [3.63, 3.8) is 0 Å². The highest BCUT2D eigenvalue weighted by atomic mass is 31.2. The van der Waals surface area contributed by atoms with Gasteiger partial charge in [-0.1, -0.05) is 147 Å². The Morgan fingerprint density at radius 2 is 1.32 bits per heavy atom. The average molecular weight is 775 g/mol. The number of ether oxygens (including phenoxy) is 2. The van der Waals surface area contributed by atoms with Crippen LogP contribution in [0.15, 0.2) is 36.5 Å². The highest BCUT2D eigenvalue weighted by molar-refractivity contribution is 7.47. The molecule has 12 heteroatoms. The Labute approximate surface area is 321 Å². The molecule has 0 heterocycles. The van der Waals surface area contributed by atoms with Crippen molar-refractivity contribution in [2.24, 2.45) is 5.92 Å². The number of rotatable bonds is 37. The first-order chi connectivity index (χ1) is 25.5. The highest BCUT2D eigenvalue weighted by Crippen LogP contribution is 2.43. The second-order valence-electron chi connectivity index (χ2n) is 14.1. The summed E-state index contributed by atoms with van der Waals surface area (Å²) in [7, 11) is -4.66. The summed E-state index contributed by atoms with van der Waals surface area (Å²) in [6.45, 7) is 4.44. The van der Waals surface area contributed by atoms with Gasteiger partial charge in [-0.3, -0.25) is 18.6 Å². The van der Waals surface area contributed by atoms with Crippen LogP contribution in [0.5, 0.6) is 0 Å². The molecule has 5 atom stereocenters. The summed E-state index contributed by atoms with van der Waals surface area (Å²) in [6, 6.07) is 0. The molecule has 0 radical (unpaired) electrons. The van der Waals surface area contributed by atoms with E-state index in [1.165, 1.54) is 77.0 Å². The molecule has 0 spiro atoms. The van der Waals surface area contributed by atoms with Crippen LogP contribution in [0.4, 0.5) is 0 Å². The fraction of sp³-hybridized carbons (Fsp3) is 0.805. The molecule has 0 aliphatic rings. The minimum Gasteiger partial charge on any atom is -0.462 e. The summed E-state index contributed by atoms with van der Waals surface area (Å²) in [5.41, 5.74) is 0. The quantitative estimate of drug-likeness (QED) is 0.0156. The Hall–Kier alpha value is -1.85. The van der Waals surface area contributed by atoms with Gasteiger partial charge in [0.05, 0.1) is 25.9 Å². The van der Waals surface area contributed by atoms with Gasteiger partial charge in [0.15, 0.2) is 6.10 Å². The summed E-state index contributed by atoms with van der Waals surface area (Å²) in [6.07, 6.45) is 30.1. The normalized spacial score (nSPS) is 15.5. The molecule has 53 heavy (non-hydrogen) atoms. The van der Waals surface area contributed by atoms with Crippen LogP contribution in [-0.4, -0.2) is 76.9 Å². The summed E-state index contributed by atoms with van der Waals surface area (Å²) < 4.78 is 32.5. The standard InChI is InChI=1S/C41H75O11P/c1-4-6-7-8-9-10-11-12-13-14-18-21-24-28-37(43)29-26-31-40(45)49-34-39(35-51-53(47,48)50-33-38(44)32-42)52-41(46)30-25-22-19-16-15-17-20-23-27-36(3)5-2/h12-13,18,21,24,28,36-39,42-44H,4-11,14-17,19-20,22-23,25-27,29-35H2,1-3H3,(H,47,48)/b13-12+,21-18+,28-24+/t36?,37?,38-,39+/m0/s1. The molecule has 0 aromatic heterocycles. The number of allylic oxidation sites excluding steroid dienone is 5. The molecule has 0 aromatic rings. The van der Waals surface area contributed by atoms with E-state index < -0.39 is 64.5 Å². The summed E-state index contributed by atoms with van der Waals surface area (Å²) in [5.74, 6) is -0.329. The molecule has 0 amide bonds. The minimum atomic E-state index is -4.66. The Morgan fingerprint density at radius 1 is 0.698 bits per heavy atom. The van der Waals surface area contributed by atoms with Gasteiger partial charge in [-0.25, -0.2) is 4.57 Å². The van der Waals surface area contributed by atoms with Crippen molar-refractivity contribution in [1.29, 1.82) is 0 Å². The lowest BCUT2D eigenvalue weighted by Gasteiger charge is -2.20. The van der Waals surface area contributed by atoms with Crippen molar-refractivity contribution < 1.29 is 52.9 Å². The molecular formula is C41H75O11P. The summed E-state index contributed by atoms with van der Waals surface area (Å²) in [4.78, 5) is 34.9. The van der Waals surface area contributed by atoms with Gasteiger partial charge in [-0.15, -0.1) is 0 Å². The third kappa shape index (κ3) is 35.6. The van der Waals surface area contributed by atoms with Crippen molar-refractivity contribution in [2.45, 2.75) is 180 Å². The maximum atomic E-state index is 12.6. The van der Waals surface area contributed by atoms with Gasteiger partial charge in [-0.2, -0.15) is 0 Å². The van der Waals surface area contributed by atoms with Crippen molar-refractivity contribution in [2.75, 3.05) is 26.4 Å². The summed E-state index contributed by atoms with van der Waals surface area (Å²) in [5, 5.41) is 28.5. The van der Waals surface area contributed by atoms with Gasteiger partial charge in [0.25, 0.3) is 0 Å². The number of hydrogen-bond donors (Lipinski definition) is 4. The van der Waals surface area contributed by atoms with Crippen LogP contribution in [0.3, 0.4) is 0 Å². The van der Waals surface area contributed by atoms with Gasteiger partial charge < -0.3 is 29.7 Å². The van der Waals surface area contributed by atoms with Crippen LogP contribution >= 0.6 is 7.82 Å². The molecule has 0 aromatic carbocycles. The predicted octanol–water partition coefficient (Wildman–Crippen LogP) is 9.22. The fourth-order valence-electron chi connectivity index (χ4n) is 5.33. The molecule has 0 rings (SSSR count). The lowest BCUT2D eigenvalue weighted by Crippen LogP contribution is -2.30. The van der Waals surface area contributed by atoms with Crippen LogP contribution in [0.1, 0.15) is 162 Å². The molecule has 0 aliphatic heterocycles. The van der Waals surface area contributed by atoms with Crippen LogP contribution < -0.4 is 0 Å². The number of carbonyl (C=O) groups excluding carboxylic acids is 2. The topological polar surface area (TPSA) is 169 Å². The Kier molecular flexibility index (Phi) is 34.6. The molecule has 0 saturated heterocycles. The Morgan fingerprint density at radius 3 is 2.00 bits per heavy atom. The van der Waals surface area contributed by atoms with Crippen LogP contribution in [0.25, 0.3) is 0 Å². The number of hydrogen-bond acceptors (Lipinski definition) is 10. The van der Waals surface area contributed by atoms with Crippen LogP contribution in [0, 0.1) is 5.92 Å². The second-order valence-corrected chi connectivity index (χ2v) is 15.6. The second kappa shape index (κ2) is 35.8. The molecule has 0 saturated carbocycles. The molecule has 11 nitrogen and oxygen atoms in total. The molecule has 310 valence electrons. The molecule has 0 fully saturated rings. The maximum Gasteiger partial charge on any atom is 0.472 e. The van der Waals surface area contributed by atoms with E-state index in [9.17, 15) is 29.3 Å². The van der Waals surface area contributed by atoms with E-state index in [4.69, 9.17) is 19.1 Å². The lowest BCUT2D eigenvalue weighted by atomic mass is 9.99.